The fourth-order valence-electron chi connectivity index (χ4n) is 10.8. The van der Waals surface area contributed by atoms with Crippen molar-refractivity contribution in [2.75, 3.05) is 13.2 Å². The monoisotopic (exact) mass is 1140 g/mol. The number of hydrogen-bond donors (Lipinski definition) is 6. The fraction of sp³-hybridized carbons (Fsp3) is 0.894. The lowest BCUT2D eigenvalue weighted by Gasteiger charge is -2.41. The molecule has 79 heavy (non-hydrogen) atoms. The van der Waals surface area contributed by atoms with Gasteiger partial charge >= 0.3 is 10.4 Å². The highest BCUT2D eigenvalue weighted by Crippen LogP contribution is 2.26. The topological polar surface area (TPSA) is 192 Å². The van der Waals surface area contributed by atoms with Crippen LogP contribution in [0.2, 0.25) is 0 Å². The Hall–Kier alpha value is -1.68. The lowest BCUT2D eigenvalue weighted by atomic mass is 9.99. The number of hydrogen-bond acceptors (Lipinski definition) is 10. The van der Waals surface area contributed by atoms with Crippen molar-refractivity contribution in [3.05, 3.63) is 36.5 Å². The Balaban J connectivity index is 2.24. The number of nitrogens with one attached hydrogen (secondary N) is 1. The molecule has 12 nitrogen and oxygen atoms in total. The highest BCUT2D eigenvalue weighted by atomic mass is 32.3. The van der Waals surface area contributed by atoms with Crippen LogP contribution in [0.15, 0.2) is 36.5 Å². The van der Waals surface area contributed by atoms with Gasteiger partial charge in [0, 0.05) is 6.42 Å². The molecule has 13 heteroatoms. The Morgan fingerprint density at radius 2 is 0.848 bits per heavy atom. The maximum absolute atomic E-state index is 13.2. The number of aliphatic hydroxyl groups excluding tert-OH is 4. The second-order valence-electron chi connectivity index (χ2n) is 23.4. The Bertz CT molecular complexity index is 1530. The predicted octanol–water partition coefficient (Wildman–Crippen LogP) is 16.9. The van der Waals surface area contributed by atoms with Gasteiger partial charge in [-0.25, -0.2) is 4.18 Å². The van der Waals surface area contributed by atoms with Gasteiger partial charge < -0.3 is 35.2 Å². The molecule has 1 heterocycles. The fourth-order valence-corrected chi connectivity index (χ4v) is 11.3. The molecule has 0 aromatic rings. The zero-order valence-electron chi connectivity index (χ0n) is 51.0. The van der Waals surface area contributed by atoms with Crippen LogP contribution in [0.5, 0.6) is 0 Å². The molecule has 0 aromatic carbocycles. The average Bonchev–Trinajstić information content (AvgIpc) is 3.45. The van der Waals surface area contributed by atoms with E-state index in [0.29, 0.717) is 6.42 Å². The van der Waals surface area contributed by atoms with Gasteiger partial charge in [-0.1, -0.05) is 301 Å². The van der Waals surface area contributed by atoms with Gasteiger partial charge in [0.2, 0.25) is 5.91 Å². The smallest absolute Gasteiger partial charge is 0.394 e. The number of carbonyl (C=O) groups is 1. The van der Waals surface area contributed by atoms with Crippen molar-refractivity contribution >= 4 is 16.3 Å². The highest BCUT2D eigenvalue weighted by molar-refractivity contribution is 7.80. The predicted molar refractivity (Wildman–Crippen MR) is 328 cm³/mol. The van der Waals surface area contributed by atoms with Crippen LogP contribution in [0.4, 0.5) is 0 Å². The van der Waals surface area contributed by atoms with Gasteiger partial charge in [-0.15, -0.1) is 0 Å². The maximum Gasteiger partial charge on any atom is 0.397 e. The quantitative estimate of drug-likeness (QED) is 0.0193. The summed E-state index contributed by atoms with van der Waals surface area (Å²) in [7, 11) is -5.09. The zero-order valence-corrected chi connectivity index (χ0v) is 51.8. The molecule has 1 fully saturated rings. The first kappa shape index (κ1) is 75.3. The average molecular weight is 1140 g/mol. The first-order valence-corrected chi connectivity index (χ1v) is 34.7. The van der Waals surface area contributed by atoms with Crippen LogP contribution < -0.4 is 5.32 Å². The van der Waals surface area contributed by atoms with Crippen molar-refractivity contribution in [3.8, 4) is 0 Å². The van der Waals surface area contributed by atoms with E-state index in [2.05, 4.69) is 47.7 Å². The number of unbranched alkanes of at least 4 members (excludes halogenated alkanes) is 43. The van der Waals surface area contributed by atoms with Crippen LogP contribution in [-0.2, 0) is 28.9 Å². The minimum atomic E-state index is -5.09. The number of aliphatic hydroxyl groups is 4. The molecule has 1 aliphatic heterocycles. The number of amides is 1. The molecule has 1 amide bonds. The van der Waals surface area contributed by atoms with Gasteiger partial charge in [0.25, 0.3) is 0 Å². The third kappa shape index (κ3) is 47.4. The van der Waals surface area contributed by atoms with E-state index in [4.69, 9.17) is 9.47 Å². The summed E-state index contributed by atoms with van der Waals surface area (Å²) in [6.45, 7) is 3.44. The summed E-state index contributed by atoms with van der Waals surface area (Å²) in [6.07, 6.45) is 63.5. The minimum absolute atomic E-state index is 0.257. The molecule has 1 aliphatic rings. The second-order valence-corrected chi connectivity index (χ2v) is 24.5. The van der Waals surface area contributed by atoms with Crippen molar-refractivity contribution in [3.63, 3.8) is 0 Å². The molecule has 0 saturated carbocycles. The van der Waals surface area contributed by atoms with E-state index in [1.807, 2.05) is 6.08 Å². The second kappa shape index (κ2) is 55.5. The lowest BCUT2D eigenvalue weighted by Crippen LogP contribution is -2.61. The summed E-state index contributed by atoms with van der Waals surface area (Å²) in [5.74, 6) is -0.257. The van der Waals surface area contributed by atoms with Crippen LogP contribution >= 0.6 is 0 Å². The molecule has 7 atom stereocenters. The Kier molecular flexibility index (Phi) is 52.9. The molecule has 1 saturated heterocycles. The third-order valence-corrected chi connectivity index (χ3v) is 16.4. The molecular formula is C66H125NO11S. The molecule has 466 valence electrons. The summed E-state index contributed by atoms with van der Waals surface area (Å²) < 4.78 is 48.0. The molecule has 0 radical (unpaired) electrons. The summed E-state index contributed by atoms with van der Waals surface area (Å²) in [4.78, 5) is 13.2. The van der Waals surface area contributed by atoms with Crippen molar-refractivity contribution in [2.45, 2.75) is 365 Å². The van der Waals surface area contributed by atoms with Crippen molar-refractivity contribution in [1.82, 2.24) is 5.32 Å². The normalized spacial score (nSPS) is 18.9. The largest absolute Gasteiger partial charge is 0.397 e. The SMILES string of the molecule is CCCCCCCCCCC/C=C\C/C=C\CCCCCCCCCCCCCCCCCCCC(=O)NC(COC1OC(CO)C(O)C(OS(=O)(=O)O)C1O)C(O)/C=C/CCCCCCCCCCCCCCCCCCC. The first-order valence-electron chi connectivity index (χ1n) is 33.4. The molecule has 0 aliphatic carbocycles. The van der Waals surface area contributed by atoms with Crippen LogP contribution in [0.25, 0.3) is 0 Å². The highest BCUT2D eigenvalue weighted by Gasteiger charge is 2.48. The van der Waals surface area contributed by atoms with Gasteiger partial charge in [0.15, 0.2) is 6.29 Å². The summed E-state index contributed by atoms with van der Waals surface area (Å²) in [5.41, 5.74) is 0. The molecule has 1 rings (SSSR count). The molecule has 0 aromatic heterocycles. The van der Waals surface area contributed by atoms with E-state index in [1.165, 1.54) is 250 Å². The van der Waals surface area contributed by atoms with Gasteiger partial charge in [-0.05, 0) is 51.4 Å². The third-order valence-electron chi connectivity index (χ3n) is 15.9. The Morgan fingerprint density at radius 3 is 1.20 bits per heavy atom. The van der Waals surface area contributed by atoms with E-state index >= 15 is 0 Å². The van der Waals surface area contributed by atoms with E-state index in [-0.39, 0.29) is 18.9 Å². The number of carbonyl (C=O) groups excluding carboxylic acids is 1. The molecule has 0 spiro atoms. The summed E-state index contributed by atoms with van der Waals surface area (Å²) >= 11 is 0. The van der Waals surface area contributed by atoms with E-state index in [1.54, 1.807) is 6.08 Å². The van der Waals surface area contributed by atoms with Gasteiger partial charge in [-0.3, -0.25) is 9.35 Å². The van der Waals surface area contributed by atoms with Gasteiger partial charge in [-0.2, -0.15) is 8.42 Å². The van der Waals surface area contributed by atoms with E-state index in [0.717, 1.165) is 44.9 Å². The number of allylic oxidation sites excluding steroid dienone is 5. The van der Waals surface area contributed by atoms with Gasteiger partial charge in [0.05, 0.1) is 25.4 Å². The van der Waals surface area contributed by atoms with Crippen molar-refractivity contribution in [2.24, 2.45) is 0 Å². The van der Waals surface area contributed by atoms with E-state index < -0.39 is 59.9 Å². The first-order chi connectivity index (χ1) is 38.5. The molecule has 7 unspecified atom stereocenters. The minimum Gasteiger partial charge on any atom is -0.394 e. The van der Waals surface area contributed by atoms with E-state index in [9.17, 15) is 38.2 Å². The van der Waals surface area contributed by atoms with Crippen molar-refractivity contribution in [1.29, 1.82) is 0 Å². The van der Waals surface area contributed by atoms with Crippen LogP contribution in [0.3, 0.4) is 0 Å². The van der Waals surface area contributed by atoms with Crippen LogP contribution in [0, 0.1) is 0 Å². The van der Waals surface area contributed by atoms with Crippen LogP contribution in [-0.4, -0.2) is 95.4 Å². The van der Waals surface area contributed by atoms with Crippen molar-refractivity contribution < 1.29 is 51.8 Å². The Morgan fingerprint density at radius 1 is 0.506 bits per heavy atom. The summed E-state index contributed by atoms with van der Waals surface area (Å²) in [5, 5.41) is 45.1. The number of rotatable bonds is 59. The summed E-state index contributed by atoms with van der Waals surface area (Å²) in [6, 6.07) is -0.944. The van der Waals surface area contributed by atoms with Crippen LogP contribution in [0.1, 0.15) is 322 Å². The Labute approximate surface area is 485 Å². The molecule has 0 bridgehead atoms. The number of ether oxygens (including phenoxy) is 2. The maximum atomic E-state index is 13.2. The molecule has 6 N–H and O–H groups in total. The lowest BCUT2D eigenvalue weighted by molar-refractivity contribution is -0.298. The molecular weight excluding hydrogens is 1010 g/mol. The van der Waals surface area contributed by atoms with Gasteiger partial charge in [0.1, 0.15) is 24.4 Å². The standard InChI is InChI=1S/C66H125NO11S/c1-3-5-7-9-11-13-15-17-19-21-23-24-25-26-27-28-29-30-31-32-33-34-35-36-38-40-42-44-46-48-50-52-54-56-62(70)67-59(58-76-66-64(72)65(78-79(73,74)75)63(71)61(57-68)77-66)60(69)55-53-51-49-47-45-43-41-39-37-22-20-18-16-14-12-10-8-6-4-2/h23-24,26-27,53,55,59-61,63-66,68-69,71-72H,3-22,25,28-52,54,56-58H2,1-2H3,(H,67,70)(H,73,74,75)/b24-23-,27-26-,55-53+. The zero-order chi connectivity index (χ0) is 57.5.